The summed E-state index contributed by atoms with van der Waals surface area (Å²) in [6, 6.07) is 7.11. The van der Waals surface area contributed by atoms with E-state index in [0.717, 1.165) is 30.9 Å². The predicted octanol–water partition coefficient (Wildman–Crippen LogP) is 3.87. The van der Waals surface area contributed by atoms with Crippen molar-refractivity contribution in [2.75, 3.05) is 11.9 Å². The van der Waals surface area contributed by atoms with Crippen LogP contribution in [0, 0.1) is 0 Å². The Labute approximate surface area is 148 Å². The van der Waals surface area contributed by atoms with Crippen LogP contribution in [0.1, 0.15) is 44.9 Å². The van der Waals surface area contributed by atoms with Crippen molar-refractivity contribution in [3.63, 3.8) is 0 Å². The Morgan fingerprint density at radius 2 is 1.96 bits per heavy atom. The van der Waals surface area contributed by atoms with Crippen molar-refractivity contribution < 1.29 is 4.79 Å². The maximum atomic E-state index is 11.9. The summed E-state index contributed by atoms with van der Waals surface area (Å²) < 4.78 is 0. The van der Waals surface area contributed by atoms with E-state index in [-0.39, 0.29) is 11.3 Å². The molecule has 0 atom stereocenters. The van der Waals surface area contributed by atoms with E-state index in [4.69, 9.17) is 11.6 Å². The summed E-state index contributed by atoms with van der Waals surface area (Å²) in [5.41, 5.74) is 3.14. The second-order valence-corrected chi connectivity index (χ2v) is 7.29. The number of anilines is 1. The summed E-state index contributed by atoms with van der Waals surface area (Å²) in [5.74, 6) is 0.0119. The van der Waals surface area contributed by atoms with E-state index in [1.54, 1.807) is 24.3 Å². The minimum atomic E-state index is 0.0119. The maximum absolute atomic E-state index is 11.9. The smallest absolute Gasteiger partial charge is 0.224 e. The van der Waals surface area contributed by atoms with E-state index in [2.05, 4.69) is 41.6 Å². The van der Waals surface area contributed by atoms with Crippen LogP contribution in [0.3, 0.4) is 0 Å². The number of nitrogens with one attached hydrogen (secondary N) is 3. The number of carbonyl (C=O) groups is 1. The van der Waals surface area contributed by atoms with Crippen LogP contribution >= 0.6 is 11.6 Å². The maximum Gasteiger partial charge on any atom is 0.224 e. The zero-order valence-electron chi connectivity index (χ0n) is 14.4. The first-order chi connectivity index (χ1) is 11.4. The van der Waals surface area contributed by atoms with Gasteiger partial charge in [0, 0.05) is 40.3 Å². The van der Waals surface area contributed by atoms with Gasteiger partial charge >= 0.3 is 0 Å². The molecule has 1 aromatic carbocycles. The number of H-pyrrole nitrogens is 1. The van der Waals surface area contributed by atoms with Crippen molar-refractivity contribution in [3.8, 4) is 0 Å². The molecule has 0 bridgehead atoms. The molecule has 130 valence electrons. The molecule has 0 aliphatic heterocycles. The van der Waals surface area contributed by atoms with E-state index in [1.165, 1.54) is 5.56 Å². The van der Waals surface area contributed by atoms with Crippen LogP contribution in [0.5, 0.6) is 0 Å². The molecule has 2 rings (SSSR count). The molecule has 0 unspecified atom stereocenters. The van der Waals surface area contributed by atoms with Crippen molar-refractivity contribution in [1.82, 2.24) is 15.5 Å². The quantitative estimate of drug-likeness (QED) is 0.665. The van der Waals surface area contributed by atoms with Gasteiger partial charge in [0.2, 0.25) is 5.91 Å². The number of rotatable bonds is 7. The van der Waals surface area contributed by atoms with Crippen LogP contribution in [-0.4, -0.2) is 22.6 Å². The molecular weight excluding hydrogens is 324 g/mol. The summed E-state index contributed by atoms with van der Waals surface area (Å²) >= 11 is 5.82. The minimum Gasteiger partial charge on any atom is -0.326 e. The van der Waals surface area contributed by atoms with Gasteiger partial charge in [0.1, 0.15) is 0 Å². The Balaban J connectivity index is 1.67. The zero-order valence-corrected chi connectivity index (χ0v) is 15.2. The average Bonchev–Trinajstić information content (AvgIpc) is 2.98. The lowest BCUT2D eigenvalue weighted by Gasteiger charge is -2.18. The molecule has 0 fully saturated rings. The van der Waals surface area contributed by atoms with Crippen LogP contribution < -0.4 is 10.6 Å². The third kappa shape index (κ3) is 5.65. The second kappa shape index (κ2) is 8.31. The molecular formula is C18H25ClN4O. The molecule has 0 spiro atoms. The van der Waals surface area contributed by atoms with E-state index in [0.29, 0.717) is 11.4 Å². The minimum absolute atomic E-state index is 0.0119. The van der Waals surface area contributed by atoms with Gasteiger partial charge in [-0.1, -0.05) is 32.4 Å². The van der Waals surface area contributed by atoms with Crippen molar-refractivity contribution in [2.24, 2.45) is 0 Å². The standard InChI is InChI=1S/C18H25ClN4O/c1-18(2,3)17-13(12-21-23-17)11-20-10-4-5-16(24)22-15-8-6-14(19)7-9-15/h6-9,12,20H,4-5,10-11H2,1-3H3,(H,21,23)(H,22,24). The summed E-state index contributed by atoms with van der Waals surface area (Å²) in [6.07, 6.45) is 3.12. The molecule has 3 N–H and O–H groups in total. The molecule has 0 saturated carbocycles. The summed E-state index contributed by atoms with van der Waals surface area (Å²) in [5, 5.41) is 14.1. The fraction of sp³-hybridized carbons (Fsp3) is 0.444. The Kier molecular flexibility index (Phi) is 6.40. The molecule has 24 heavy (non-hydrogen) atoms. The number of hydrogen-bond donors (Lipinski definition) is 3. The number of aromatic amines is 1. The molecule has 1 amide bonds. The zero-order chi connectivity index (χ0) is 17.6. The molecule has 1 aromatic heterocycles. The van der Waals surface area contributed by atoms with Crippen LogP contribution in [0.25, 0.3) is 0 Å². The van der Waals surface area contributed by atoms with E-state index in [9.17, 15) is 4.79 Å². The van der Waals surface area contributed by atoms with Crippen LogP contribution in [-0.2, 0) is 16.8 Å². The number of aromatic nitrogens is 2. The van der Waals surface area contributed by atoms with Gasteiger partial charge in [-0.3, -0.25) is 9.89 Å². The predicted molar refractivity (Wildman–Crippen MR) is 98.3 cm³/mol. The highest BCUT2D eigenvalue weighted by Crippen LogP contribution is 2.23. The molecule has 0 aliphatic carbocycles. The normalized spacial score (nSPS) is 11.5. The summed E-state index contributed by atoms with van der Waals surface area (Å²) in [6.45, 7) is 8.01. The van der Waals surface area contributed by atoms with Crippen LogP contribution in [0.15, 0.2) is 30.5 Å². The second-order valence-electron chi connectivity index (χ2n) is 6.86. The van der Waals surface area contributed by atoms with Gasteiger partial charge in [0.15, 0.2) is 0 Å². The largest absolute Gasteiger partial charge is 0.326 e. The highest BCUT2D eigenvalue weighted by Gasteiger charge is 2.19. The number of halogens is 1. The number of benzene rings is 1. The monoisotopic (exact) mass is 348 g/mol. The molecule has 0 saturated heterocycles. The molecule has 0 aliphatic rings. The van der Waals surface area contributed by atoms with Gasteiger partial charge in [0.05, 0.1) is 6.20 Å². The summed E-state index contributed by atoms with van der Waals surface area (Å²) in [7, 11) is 0. The van der Waals surface area contributed by atoms with E-state index in [1.807, 2.05) is 6.20 Å². The lowest BCUT2D eigenvalue weighted by atomic mass is 9.89. The SMILES string of the molecule is CC(C)(C)c1[nH]ncc1CNCCCC(=O)Nc1ccc(Cl)cc1. The highest BCUT2D eigenvalue weighted by molar-refractivity contribution is 6.30. The number of carbonyl (C=O) groups excluding carboxylic acids is 1. The number of hydrogen-bond acceptors (Lipinski definition) is 3. The van der Waals surface area contributed by atoms with Gasteiger partial charge in [-0.05, 0) is 37.2 Å². The van der Waals surface area contributed by atoms with Crippen molar-refractivity contribution in [2.45, 2.75) is 45.6 Å². The van der Waals surface area contributed by atoms with Gasteiger partial charge in [0.25, 0.3) is 0 Å². The first kappa shape index (κ1) is 18.5. The third-order valence-corrected chi connectivity index (χ3v) is 3.92. The van der Waals surface area contributed by atoms with Crippen LogP contribution in [0.4, 0.5) is 5.69 Å². The Bertz CT molecular complexity index is 658. The molecule has 5 nitrogen and oxygen atoms in total. The fourth-order valence-electron chi connectivity index (χ4n) is 2.45. The summed E-state index contributed by atoms with van der Waals surface area (Å²) in [4.78, 5) is 11.9. The number of nitrogens with zero attached hydrogens (tertiary/aromatic N) is 1. The van der Waals surface area contributed by atoms with Gasteiger partial charge < -0.3 is 10.6 Å². The Hall–Kier alpha value is -1.85. The van der Waals surface area contributed by atoms with Gasteiger partial charge in [-0.2, -0.15) is 5.10 Å². The first-order valence-electron chi connectivity index (χ1n) is 8.15. The van der Waals surface area contributed by atoms with Gasteiger partial charge in [-0.15, -0.1) is 0 Å². The van der Waals surface area contributed by atoms with E-state index >= 15 is 0 Å². The highest BCUT2D eigenvalue weighted by atomic mass is 35.5. The van der Waals surface area contributed by atoms with Crippen LogP contribution in [0.2, 0.25) is 5.02 Å². The lowest BCUT2D eigenvalue weighted by molar-refractivity contribution is -0.116. The third-order valence-electron chi connectivity index (χ3n) is 3.67. The van der Waals surface area contributed by atoms with E-state index < -0.39 is 0 Å². The molecule has 2 aromatic rings. The number of amides is 1. The molecule has 6 heteroatoms. The fourth-order valence-corrected chi connectivity index (χ4v) is 2.57. The lowest BCUT2D eigenvalue weighted by Crippen LogP contribution is -2.21. The molecule has 0 radical (unpaired) electrons. The first-order valence-corrected chi connectivity index (χ1v) is 8.53. The van der Waals surface area contributed by atoms with Crippen molar-refractivity contribution >= 4 is 23.2 Å². The molecule has 1 heterocycles. The Morgan fingerprint density at radius 1 is 1.25 bits per heavy atom. The topological polar surface area (TPSA) is 69.8 Å². The van der Waals surface area contributed by atoms with Crippen molar-refractivity contribution in [1.29, 1.82) is 0 Å². The Morgan fingerprint density at radius 3 is 2.62 bits per heavy atom. The average molecular weight is 349 g/mol. The van der Waals surface area contributed by atoms with Gasteiger partial charge in [-0.25, -0.2) is 0 Å². The van der Waals surface area contributed by atoms with Crippen molar-refractivity contribution in [3.05, 3.63) is 46.7 Å².